The number of aldehydes is 1. The fraction of sp³-hybridized carbons (Fsp3) is 0.952. The van der Waals surface area contributed by atoms with Gasteiger partial charge in [-0.25, -0.2) is 4.18 Å². The van der Waals surface area contributed by atoms with Gasteiger partial charge in [-0.3, -0.25) is 4.55 Å². The summed E-state index contributed by atoms with van der Waals surface area (Å²) in [5.41, 5.74) is 0.328. The number of rotatable bonds is 7. The fourth-order valence-corrected chi connectivity index (χ4v) is 8.16. The Morgan fingerprint density at radius 1 is 1.14 bits per heavy atom. The molecule has 3 aliphatic carbocycles. The molecule has 0 aromatic heterocycles. The van der Waals surface area contributed by atoms with Crippen LogP contribution in [0.4, 0.5) is 0 Å². The highest BCUT2D eigenvalue weighted by Gasteiger charge is 2.62. The third-order valence-corrected chi connectivity index (χ3v) is 9.29. The lowest BCUT2D eigenvalue weighted by Gasteiger charge is -2.60. The third-order valence-electron chi connectivity index (χ3n) is 8.80. The lowest BCUT2D eigenvalue weighted by atomic mass is 9.45. The summed E-state index contributed by atoms with van der Waals surface area (Å²) in [5.74, 6) is 1.51. The Balaban J connectivity index is 1.81. The zero-order valence-corrected chi connectivity index (χ0v) is 18.4. The molecule has 0 radical (unpaired) electrons. The first-order chi connectivity index (χ1) is 13.1. The maximum atomic E-state index is 11.3. The summed E-state index contributed by atoms with van der Waals surface area (Å²) in [7, 11) is -2.66. The van der Waals surface area contributed by atoms with Crippen LogP contribution in [0.25, 0.3) is 0 Å². The maximum absolute atomic E-state index is 11.3. The Labute approximate surface area is 169 Å². The van der Waals surface area contributed by atoms with Gasteiger partial charge in [-0.15, -0.1) is 0 Å². The molecule has 162 valence electrons. The van der Waals surface area contributed by atoms with Crippen molar-refractivity contribution < 1.29 is 26.7 Å². The second kappa shape index (κ2) is 7.97. The first-order valence-electron chi connectivity index (χ1n) is 10.7. The van der Waals surface area contributed by atoms with Gasteiger partial charge in [0.25, 0.3) is 0 Å². The van der Waals surface area contributed by atoms with Crippen molar-refractivity contribution in [2.75, 3.05) is 7.11 Å². The number of fused-ring (bicyclic) bond motifs is 3. The molecule has 3 aliphatic rings. The molecule has 0 aromatic rings. The van der Waals surface area contributed by atoms with Crippen LogP contribution in [-0.2, 0) is 24.1 Å². The van der Waals surface area contributed by atoms with E-state index in [0.29, 0.717) is 30.6 Å². The lowest BCUT2D eigenvalue weighted by Crippen LogP contribution is -2.55. The van der Waals surface area contributed by atoms with Gasteiger partial charge in [0.1, 0.15) is 6.29 Å². The molecular formula is C21H36O6S. The Hall–Kier alpha value is -0.500. The Kier molecular flexibility index (Phi) is 6.32. The Morgan fingerprint density at radius 3 is 2.43 bits per heavy atom. The highest BCUT2D eigenvalue weighted by molar-refractivity contribution is 7.80. The Morgan fingerprint density at radius 2 is 1.82 bits per heavy atom. The number of carbonyl (C=O) groups excluding carboxylic acids is 1. The smallest absolute Gasteiger partial charge is 0.381 e. The molecule has 0 saturated heterocycles. The second-order valence-electron chi connectivity index (χ2n) is 9.87. The van der Waals surface area contributed by atoms with E-state index in [1.165, 1.54) is 0 Å². The molecule has 3 fully saturated rings. The largest absolute Gasteiger partial charge is 0.397 e. The van der Waals surface area contributed by atoms with E-state index in [-0.39, 0.29) is 22.9 Å². The predicted molar refractivity (Wildman–Crippen MR) is 106 cm³/mol. The number of hydrogen-bond donors (Lipinski definition) is 1. The lowest BCUT2D eigenvalue weighted by molar-refractivity contribution is -0.138. The van der Waals surface area contributed by atoms with Crippen molar-refractivity contribution >= 4 is 16.7 Å². The van der Waals surface area contributed by atoms with Crippen molar-refractivity contribution in [3.8, 4) is 0 Å². The molecule has 0 spiro atoms. The first-order valence-corrected chi connectivity index (χ1v) is 12.1. The van der Waals surface area contributed by atoms with Crippen molar-refractivity contribution in [2.45, 2.75) is 84.3 Å². The van der Waals surface area contributed by atoms with E-state index in [1.54, 1.807) is 7.11 Å². The molecule has 3 saturated carbocycles. The summed E-state index contributed by atoms with van der Waals surface area (Å²) in [5, 5.41) is 0. The van der Waals surface area contributed by atoms with Crippen LogP contribution in [0.3, 0.4) is 0 Å². The van der Waals surface area contributed by atoms with E-state index in [9.17, 15) is 13.2 Å². The molecule has 6 nitrogen and oxygen atoms in total. The zero-order valence-electron chi connectivity index (χ0n) is 17.6. The van der Waals surface area contributed by atoms with Crippen molar-refractivity contribution in [3.05, 3.63) is 0 Å². The molecule has 0 aliphatic heterocycles. The van der Waals surface area contributed by atoms with E-state index < -0.39 is 16.5 Å². The molecule has 0 bridgehead atoms. The van der Waals surface area contributed by atoms with Crippen LogP contribution in [0.15, 0.2) is 0 Å². The van der Waals surface area contributed by atoms with Crippen LogP contribution >= 0.6 is 0 Å². The SMILES string of the molecule is COC(CCC=O)C1CCC2C1(C)CCC1C(C)C(OS(=O)(=O)O)CCC12C. The van der Waals surface area contributed by atoms with Gasteiger partial charge in [0, 0.05) is 13.5 Å². The fourth-order valence-electron chi connectivity index (χ4n) is 7.58. The normalized spacial score (nSPS) is 44.5. The minimum atomic E-state index is -4.42. The van der Waals surface area contributed by atoms with Gasteiger partial charge in [-0.1, -0.05) is 20.8 Å². The summed E-state index contributed by atoms with van der Waals surface area (Å²) in [4.78, 5) is 10.9. The van der Waals surface area contributed by atoms with Crippen LogP contribution in [0.5, 0.6) is 0 Å². The van der Waals surface area contributed by atoms with E-state index >= 15 is 0 Å². The van der Waals surface area contributed by atoms with Crippen LogP contribution in [0.2, 0.25) is 0 Å². The highest BCUT2D eigenvalue weighted by atomic mass is 32.3. The molecule has 8 atom stereocenters. The number of carbonyl (C=O) groups is 1. The minimum absolute atomic E-state index is 0.0950. The predicted octanol–water partition coefficient (Wildman–Crippen LogP) is 4.05. The van der Waals surface area contributed by atoms with Gasteiger partial charge in [0.15, 0.2) is 0 Å². The van der Waals surface area contributed by atoms with Crippen LogP contribution in [0, 0.1) is 34.5 Å². The van der Waals surface area contributed by atoms with Crippen molar-refractivity contribution in [2.24, 2.45) is 34.5 Å². The summed E-state index contributed by atoms with van der Waals surface area (Å²) >= 11 is 0. The average Bonchev–Trinajstić information content (AvgIpc) is 2.96. The van der Waals surface area contributed by atoms with E-state index in [1.807, 2.05) is 0 Å². The van der Waals surface area contributed by atoms with Gasteiger partial charge < -0.3 is 9.53 Å². The molecule has 8 unspecified atom stereocenters. The van der Waals surface area contributed by atoms with Gasteiger partial charge >= 0.3 is 10.4 Å². The van der Waals surface area contributed by atoms with E-state index in [4.69, 9.17) is 13.5 Å². The topological polar surface area (TPSA) is 89.9 Å². The second-order valence-corrected chi connectivity index (χ2v) is 10.9. The third kappa shape index (κ3) is 3.80. The van der Waals surface area contributed by atoms with Crippen LogP contribution < -0.4 is 0 Å². The molecule has 0 aromatic carbocycles. The van der Waals surface area contributed by atoms with Crippen LogP contribution in [-0.4, -0.2) is 38.6 Å². The van der Waals surface area contributed by atoms with E-state index in [2.05, 4.69) is 20.8 Å². The molecule has 1 N–H and O–H groups in total. The molecule has 7 heteroatoms. The average molecular weight is 417 g/mol. The quantitative estimate of drug-likeness (QED) is 0.497. The van der Waals surface area contributed by atoms with Crippen LogP contribution in [0.1, 0.15) is 72.1 Å². The van der Waals surface area contributed by atoms with Gasteiger partial charge in [-0.2, -0.15) is 8.42 Å². The maximum Gasteiger partial charge on any atom is 0.397 e. The summed E-state index contributed by atoms with van der Waals surface area (Å²) in [6.45, 7) is 6.87. The molecule has 0 amide bonds. The monoisotopic (exact) mass is 416 g/mol. The molecule has 0 heterocycles. The summed E-state index contributed by atoms with van der Waals surface area (Å²) in [6, 6.07) is 0. The number of methoxy groups -OCH3 is 1. The number of hydrogen-bond acceptors (Lipinski definition) is 5. The molecular weight excluding hydrogens is 380 g/mol. The molecule has 3 rings (SSSR count). The van der Waals surface area contributed by atoms with E-state index in [0.717, 1.165) is 44.8 Å². The van der Waals surface area contributed by atoms with Gasteiger partial charge in [0.05, 0.1) is 12.2 Å². The van der Waals surface area contributed by atoms with Gasteiger partial charge in [0.2, 0.25) is 0 Å². The zero-order chi connectivity index (χ0) is 20.7. The highest BCUT2D eigenvalue weighted by Crippen LogP contribution is 2.68. The number of ether oxygens (including phenoxy) is 1. The summed E-state index contributed by atoms with van der Waals surface area (Å²) < 4.78 is 42.5. The Bertz CT molecular complexity index is 678. The van der Waals surface area contributed by atoms with Gasteiger partial charge in [-0.05, 0) is 79.4 Å². The summed E-state index contributed by atoms with van der Waals surface area (Å²) in [6.07, 6.45) is 7.98. The van der Waals surface area contributed by atoms with Crippen molar-refractivity contribution in [3.63, 3.8) is 0 Å². The minimum Gasteiger partial charge on any atom is -0.381 e. The molecule has 28 heavy (non-hydrogen) atoms. The van der Waals surface area contributed by atoms with Crippen molar-refractivity contribution in [1.29, 1.82) is 0 Å². The standard InChI is InChI=1S/C21H36O6S/c1-14-15-9-11-21(3)16(18(26-4)6-5-13-22)7-8-19(21)20(15,2)12-10-17(14)27-28(23,24)25/h13-19H,5-12H2,1-4H3,(H,23,24,25). The first kappa shape index (κ1) is 22.2. The van der Waals surface area contributed by atoms with Crippen molar-refractivity contribution in [1.82, 2.24) is 0 Å².